The van der Waals surface area contributed by atoms with Gasteiger partial charge in [-0.05, 0) is 35.9 Å². The van der Waals surface area contributed by atoms with Gasteiger partial charge in [0, 0.05) is 43.3 Å². The number of halogens is 1. The molecule has 0 spiro atoms. The van der Waals surface area contributed by atoms with E-state index in [0.717, 1.165) is 23.1 Å². The highest BCUT2D eigenvalue weighted by Crippen LogP contribution is 2.28. The number of hydrogen-bond donors (Lipinski definition) is 1. The predicted octanol–water partition coefficient (Wildman–Crippen LogP) is 3.70. The van der Waals surface area contributed by atoms with E-state index < -0.39 is 5.82 Å². The normalized spacial score (nSPS) is 15.8. The molecule has 0 amide bonds. The zero-order valence-corrected chi connectivity index (χ0v) is 18.6. The van der Waals surface area contributed by atoms with E-state index in [1.54, 1.807) is 19.4 Å². The number of anilines is 3. The van der Waals surface area contributed by atoms with E-state index in [-0.39, 0.29) is 22.9 Å². The highest BCUT2D eigenvalue weighted by atomic mass is 19.1. The fourth-order valence-corrected chi connectivity index (χ4v) is 3.95. The minimum atomic E-state index is -0.519. The number of benzene rings is 1. The van der Waals surface area contributed by atoms with Crippen molar-refractivity contribution < 1.29 is 9.13 Å². The van der Waals surface area contributed by atoms with Gasteiger partial charge in [-0.15, -0.1) is 0 Å². The van der Waals surface area contributed by atoms with Crippen molar-refractivity contribution in [3.05, 3.63) is 95.1 Å². The minimum absolute atomic E-state index is 0.195. The van der Waals surface area contributed by atoms with Crippen molar-refractivity contribution in [3.63, 3.8) is 0 Å². The minimum Gasteiger partial charge on any atom is -0.370 e. The molecule has 172 valence electrons. The van der Waals surface area contributed by atoms with Crippen molar-refractivity contribution in [1.82, 2.24) is 19.5 Å². The van der Waals surface area contributed by atoms with Crippen LogP contribution in [0.4, 0.5) is 21.7 Å². The molecule has 0 aliphatic carbocycles. The van der Waals surface area contributed by atoms with Crippen molar-refractivity contribution in [1.29, 1.82) is 0 Å². The molecule has 8 nitrogen and oxygen atoms in total. The van der Waals surface area contributed by atoms with Gasteiger partial charge in [0.1, 0.15) is 6.10 Å². The summed E-state index contributed by atoms with van der Waals surface area (Å²) in [6, 6.07) is 14.7. The van der Waals surface area contributed by atoms with Crippen LogP contribution in [-0.2, 0) is 11.8 Å². The number of nitrogens with one attached hydrogen (secondary N) is 1. The average Bonchev–Trinajstić information content (AvgIpc) is 2.87. The Morgan fingerprint density at radius 2 is 1.88 bits per heavy atom. The van der Waals surface area contributed by atoms with Gasteiger partial charge in [0.15, 0.2) is 5.82 Å². The van der Waals surface area contributed by atoms with Crippen molar-refractivity contribution in [2.24, 2.45) is 7.05 Å². The molecule has 0 radical (unpaired) electrons. The molecular formula is C25H23FN6O2. The number of hydrogen-bond acceptors (Lipinski definition) is 7. The Labute approximate surface area is 195 Å². The second-order valence-corrected chi connectivity index (χ2v) is 7.99. The molecule has 1 fully saturated rings. The molecule has 3 aromatic heterocycles. The Morgan fingerprint density at radius 1 is 1.06 bits per heavy atom. The summed E-state index contributed by atoms with van der Waals surface area (Å²) in [5, 5.41) is 3.31. The first kappa shape index (κ1) is 21.7. The van der Waals surface area contributed by atoms with Gasteiger partial charge in [0.25, 0.3) is 5.56 Å². The zero-order valence-electron chi connectivity index (χ0n) is 18.6. The highest BCUT2D eigenvalue weighted by molar-refractivity contribution is 5.61. The maximum absolute atomic E-state index is 14.3. The summed E-state index contributed by atoms with van der Waals surface area (Å²) in [4.78, 5) is 27.2. The van der Waals surface area contributed by atoms with Crippen LogP contribution in [0.1, 0.15) is 11.7 Å². The molecule has 5 rings (SSSR count). The molecule has 1 atom stereocenters. The third-order valence-electron chi connectivity index (χ3n) is 5.74. The predicted molar refractivity (Wildman–Crippen MR) is 128 cm³/mol. The number of ether oxygens (including phenoxy) is 1. The van der Waals surface area contributed by atoms with Gasteiger partial charge in [-0.1, -0.05) is 12.1 Å². The molecule has 4 heterocycles. The second kappa shape index (κ2) is 9.40. The molecule has 4 aromatic rings. The summed E-state index contributed by atoms with van der Waals surface area (Å²) < 4.78 is 21.8. The molecule has 1 N–H and O–H groups in total. The lowest BCUT2D eigenvalue weighted by Crippen LogP contribution is -2.41. The van der Waals surface area contributed by atoms with E-state index in [4.69, 9.17) is 4.74 Å². The lowest BCUT2D eigenvalue weighted by molar-refractivity contribution is 0.0390. The van der Waals surface area contributed by atoms with Crippen LogP contribution in [0.25, 0.3) is 11.3 Å². The fraction of sp³-hybridized carbons (Fsp3) is 0.200. The molecule has 0 unspecified atom stereocenters. The van der Waals surface area contributed by atoms with Gasteiger partial charge < -0.3 is 15.0 Å². The van der Waals surface area contributed by atoms with E-state index in [0.29, 0.717) is 25.6 Å². The van der Waals surface area contributed by atoms with Crippen molar-refractivity contribution >= 4 is 17.3 Å². The van der Waals surface area contributed by atoms with Crippen LogP contribution < -0.4 is 15.8 Å². The van der Waals surface area contributed by atoms with Crippen LogP contribution >= 0.6 is 0 Å². The van der Waals surface area contributed by atoms with Crippen LogP contribution in [-0.4, -0.2) is 39.2 Å². The molecule has 0 saturated carbocycles. The Bertz CT molecular complexity index is 1340. The number of pyridine rings is 2. The van der Waals surface area contributed by atoms with Crippen molar-refractivity contribution in [2.45, 2.75) is 6.10 Å². The van der Waals surface area contributed by atoms with E-state index in [9.17, 15) is 9.18 Å². The van der Waals surface area contributed by atoms with Crippen LogP contribution in [0.3, 0.4) is 0 Å². The smallest absolute Gasteiger partial charge is 0.255 e. The Morgan fingerprint density at radius 3 is 2.65 bits per heavy atom. The topological polar surface area (TPSA) is 85.2 Å². The van der Waals surface area contributed by atoms with Crippen LogP contribution in [0, 0.1) is 5.82 Å². The van der Waals surface area contributed by atoms with E-state index in [1.807, 2.05) is 41.3 Å². The number of aromatic nitrogens is 4. The third kappa shape index (κ3) is 4.51. The van der Waals surface area contributed by atoms with E-state index in [1.165, 1.54) is 22.9 Å². The first-order chi connectivity index (χ1) is 16.6. The maximum Gasteiger partial charge on any atom is 0.255 e. The Balaban J connectivity index is 1.37. The van der Waals surface area contributed by atoms with Gasteiger partial charge in [0.05, 0.1) is 36.9 Å². The van der Waals surface area contributed by atoms with Crippen molar-refractivity contribution in [2.75, 3.05) is 29.9 Å². The standard InChI is InChI=1S/C25H23FN6O2/c1-31-24(33)13-22(20-8-10-28-15-21(20)26)30-25(31)32-11-12-34-23(16-32)17-4-6-18(7-5-17)29-19-3-2-9-27-14-19/h2-10,13-15,23,29H,11-12,16H2,1H3/t23-/m1/s1. The summed E-state index contributed by atoms with van der Waals surface area (Å²) in [6.45, 7) is 1.56. The van der Waals surface area contributed by atoms with Gasteiger partial charge in [-0.3, -0.25) is 19.3 Å². The summed E-state index contributed by atoms with van der Waals surface area (Å²) in [6.07, 6.45) is 5.90. The number of morpholine rings is 1. The molecule has 1 aliphatic heterocycles. The van der Waals surface area contributed by atoms with Gasteiger partial charge >= 0.3 is 0 Å². The highest BCUT2D eigenvalue weighted by Gasteiger charge is 2.25. The number of nitrogens with zero attached hydrogens (tertiary/aromatic N) is 5. The van der Waals surface area contributed by atoms with Gasteiger partial charge in [-0.25, -0.2) is 9.37 Å². The van der Waals surface area contributed by atoms with Crippen LogP contribution in [0.5, 0.6) is 0 Å². The van der Waals surface area contributed by atoms with Gasteiger partial charge in [-0.2, -0.15) is 0 Å². The first-order valence-electron chi connectivity index (χ1n) is 10.9. The fourth-order valence-electron chi connectivity index (χ4n) is 3.95. The van der Waals surface area contributed by atoms with Crippen LogP contribution in [0.2, 0.25) is 0 Å². The quantitative estimate of drug-likeness (QED) is 0.488. The zero-order chi connectivity index (χ0) is 23.5. The van der Waals surface area contributed by atoms with Gasteiger partial charge in [0.2, 0.25) is 5.95 Å². The van der Waals surface area contributed by atoms with Crippen LogP contribution in [0.15, 0.2) is 78.1 Å². The van der Waals surface area contributed by atoms with Crippen molar-refractivity contribution in [3.8, 4) is 11.3 Å². The largest absolute Gasteiger partial charge is 0.370 e. The lowest BCUT2D eigenvalue weighted by atomic mass is 10.1. The van der Waals surface area contributed by atoms with E-state index in [2.05, 4.69) is 20.3 Å². The molecule has 1 saturated heterocycles. The third-order valence-corrected chi connectivity index (χ3v) is 5.74. The molecule has 9 heteroatoms. The first-order valence-corrected chi connectivity index (χ1v) is 10.9. The lowest BCUT2D eigenvalue weighted by Gasteiger charge is -2.34. The average molecular weight is 458 g/mol. The second-order valence-electron chi connectivity index (χ2n) is 7.99. The SMILES string of the molecule is Cn1c(N2CCO[C@@H](c3ccc(Nc4cccnc4)cc3)C2)nc(-c2ccncc2F)cc1=O. The molecule has 1 aromatic carbocycles. The maximum atomic E-state index is 14.3. The molecular weight excluding hydrogens is 435 g/mol. The summed E-state index contributed by atoms with van der Waals surface area (Å²) in [5.74, 6) is -0.0454. The summed E-state index contributed by atoms with van der Waals surface area (Å²) >= 11 is 0. The molecule has 34 heavy (non-hydrogen) atoms. The molecule has 1 aliphatic rings. The Hall–Kier alpha value is -4.11. The monoisotopic (exact) mass is 458 g/mol. The molecule has 0 bridgehead atoms. The van der Waals surface area contributed by atoms with E-state index >= 15 is 0 Å². The summed E-state index contributed by atoms with van der Waals surface area (Å²) in [7, 11) is 1.67. The summed E-state index contributed by atoms with van der Waals surface area (Å²) in [5.41, 5.74) is 3.14. The number of rotatable bonds is 5. The Kier molecular flexibility index (Phi) is 6.01.